The number of rotatable bonds is 2. The maximum absolute atomic E-state index is 11.1. The molecule has 0 saturated heterocycles. The summed E-state index contributed by atoms with van der Waals surface area (Å²) in [4.78, 5) is 5.00. The fourth-order valence-corrected chi connectivity index (χ4v) is 1.30. The van der Waals surface area contributed by atoms with Crippen LogP contribution >= 0.6 is 0 Å². The van der Waals surface area contributed by atoms with Crippen molar-refractivity contribution in [1.82, 2.24) is 0 Å². The summed E-state index contributed by atoms with van der Waals surface area (Å²) in [5.41, 5.74) is -1.99. The normalized spacial score (nSPS) is 8.40. The number of hydrogen-bond donors (Lipinski definition) is 0. The fourth-order valence-electron chi connectivity index (χ4n) is 0.473. The zero-order valence-corrected chi connectivity index (χ0v) is 8.98. The Balaban J connectivity index is -0.000000720. The number of hydrogen-bond acceptors (Lipinski definition) is 4. The van der Waals surface area contributed by atoms with Crippen molar-refractivity contribution >= 4 is 9.84 Å². The molecule has 0 bridgehead atoms. The molecule has 0 heterocycles. The summed E-state index contributed by atoms with van der Waals surface area (Å²) in [6.07, 6.45) is 0. The summed E-state index contributed by atoms with van der Waals surface area (Å²) >= 11 is 0. The Morgan fingerprint density at radius 3 is 1.60 bits per heavy atom. The molecule has 0 fully saturated rings. The van der Waals surface area contributed by atoms with Crippen molar-refractivity contribution in [3.05, 3.63) is 22.8 Å². The first-order valence-corrected chi connectivity index (χ1v) is 4.40. The smallest absolute Gasteiger partial charge is 0.223 e. The first-order chi connectivity index (χ1) is 6.04. The van der Waals surface area contributed by atoms with Crippen LogP contribution in [0.15, 0.2) is 0 Å². The molecular weight excluding hydrogens is 206 g/mol. The fraction of sp³-hybridized carbons (Fsp3) is 0.333. The van der Waals surface area contributed by atoms with Crippen molar-refractivity contribution in [2.45, 2.75) is 10.7 Å². The second-order valence-corrected chi connectivity index (χ2v) is 3.88. The van der Waals surface area contributed by atoms with E-state index < -0.39 is 20.6 Å². The molecule has 0 radical (unpaired) electrons. The average molecular weight is 208 g/mol. The molecule has 0 spiro atoms. The summed E-state index contributed by atoms with van der Waals surface area (Å²) in [5, 5.41) is 14.5. The van der Waals surface area contributed by atoms with Crippen LogP contribution < -0.4 is 37.7 Å². The molecule has 0 aliphatic rings. The molecule has 64 valence electrons. The van der Waals surface area contributed by atoms with Crippen molar-refractivity contribution in [2.24, 2.45) is 0 Å². The topological polar surface area (TPSA) is 90.4 Å². The molecule has 15 heavy (non-hydrogen) atoms. The molecule has 9 heteroatoms. The van der Waals surface area contributed by atoms with Crippen LogP contribution in [0.25, 0.3) is 9.69 Å². The van der Waals surface area contributed by atoms with Crippen molar-refractivity contribution < 1.29 is 46.1 Å². The Hall–Kier alpha value is -0.895. The van der Waals surface area contributed by atoms with Gasteiger partial charge in [-0.15, -0.1) is 0 Å². The molecule has 0 atom stereocenters. The molecule has 6 nitrogen and oxygen atoms in total. The summed E-state index contributed by atoms with van der Waals surface area (Å²) in [5.74, 6) is 0. The molecule has 0 aliphatic heterocycles. The summed E-state index contributed by atoms with van der Waals surface area (Å²) in [7, 11) is -4.29. The Labute approximate surface area is 112 Å². The first kappa shape index (κ1) is 19.6. The van der Waals surface area contributed by atoms with Gasteiger partial charge in [0.15, 0.2) is 0 Å². The van der Waals surface area contributed by atoms with Gasteiger partial charge in [-0.05, 0) is 0 Å². The first-order valence-electron chi connectivity index (χ1n) is 2.79. The van der Waals surface area contributed by atoms with Crippen molar-refractivity contribution in [3.8, 4) is 12.1 Å². The van der Waals surface area contributed by atoms with Crippen LogP contribution in [0, 0.1) is 35.8 Å². The third-order valence-electron chi connectivity index (χ3n) is 1.08. The van der Waals surface area contributed by atoms with Crippen LogP contribution in [0.4, 0.5) is 0 Å². The van der Waals surface area contributed by atoms with E-state index in [1.165, 1.54) is 12.1 Å². The summed E-state index contributed by atoms with van der Waals surface area (Å²) in [6.45, 7) is 12.7. The maximum Gasteiger partial charge on any atom is 1.00 e. The molecule has 0 aliphatic carbocycles. The van der Waals surface area contributed by atoms with Crippen LogP contribution in [0.3, 0.4) is 0 Å². The molecule has 0 aromatic heterocycles. The molecule has 0 aromatic rings. The monoisotopic (exact) mass is 208 g/mol. The molecule has 0 rings (SSSR count). The van der Waals surface area contributed by atoms with Crippen LogP contribution in [-0.4, -0.2) is 19.2 Å². The third kappa shape index (κ3) is 4.43. The van der Waals surface area contributed by atoms with Gasteiger partial charge in [0.2, 0.25) is 5.25 Å². The van der Waals surface area contributed by atoms with Gasteiger partial charge in [-0.2, -0.15) is 10.5 Å². The predicted octanol–water partition coefficient (Wildman–Crippen LogP) is -6.05. The average Bonchev–Trinajstić information content (AvgIpc) is 2.07. The van der Waals surface area contributed by atoms with E-state index in [4.69, 9.17) is 23.7 Å². The Kier molecular flexibility index (Phi) is 11.0. The quantitative estimate of drug-likeness (QED) is 0.333. The number of nitriles is 2. The summed E-state index contributed by atoms with van der Waals surface area (Å²) < 4.78 is 22.2. The summed E-state index contributed by atoms with van der Waals surface area (Å²) in [6, 6.07) is 2.41. The molecular formula is C6H2Li2N4O2S+2. The SMILES string of the molecule is [C-]#[N+]C([N+]#[C-])S(=O)(=O)C(C#N)C#N.[Li+].[Li+]. The number of nitrogens with zero attached hydrogens (tertiary/aromatic N) is 4. The largest absolute Gasteiger partial charge is 1.00 e. The van der Waals surface area contributed by atoms with E-state index in [0.717, 1.165) is 0 Å². The number of sulfone groups is 1. The van der Waals surface area contributed by atoms with Crippen LogP contribution in [0.5, 0.6) is 0 Å². The van der Waals surface area contributed by atoms with Gasteiger partial charge in [-0.1, -0.05) is 0 Å². The van der Waals surface area contributed by atoms with Crippen molar-refractivity contribution in [2.75, 3.05) is 0 Å². The maximum atomic E-state index is 11.1. The standard InChI is InChI=1S/C6H2N4O2S.2Li/c1-9-6(10-2)13(11,12)5(3-7)4-8;;/h5-6H;;/q;2*+1. The second-order valence-electron chi connectivity index (χ2n) is 1.81. The van der Waals surface area contributed by atoms with Crippen LogP contribution in [0.1, 0.15) is 0 Å². The van der Waals surface area contributed by atoms with Crippen LogP contribution in [-0.2, 0) is 9.84 Å². The van der Waals surface area contributed by atoms with Crippen LogP contribution in [0.2, 0.25) is 0 Å². The van der Waals surface area contributed by atoms with Gasteiger partial charge in [0.05, 0.1) is 12.1 Å². The van der Waals surface area contributed by atoms with Gasteiger partial charge in [0.1, 0.15) is 0 Å². The Morgan fingerprint density at radius 1 is 1.07 bits per heavy atom. The van der Waals surface area contributed by atoms with Gasteiger partial charge in [-0.25, -0.2) is 31.3 Å². The van der Waals surface area contributed by atoms with Gasteiger partial charge < -0.3 is 0 Å². The van der Waals surface area contributed by atoms with E-state index in [0.29, 0.717) is 0 Å². The minimum absolute atomic E-state index is 0. The second kappa shape index (κ2) is 8.42. The van der Waals surface area contributed by atoms with E-state index in [9.17, 15) is 8.42 Å². The van der Waals surface area contributed by atoms with E-state index in [1.807, 2.05) is 0 Å². The minimum atomic E-state index is -4.29. The van der Waals surface area contributed by atoms with Crippen molar-refractivity contribution in [1.29, 1.82) is 10.5 Å². The van der Waals surface area contributed by atoms with Gasteiger partial charge >= 0.3 is 53.1 Å². The third-order valence-corrected chi connectivity index (χ3v) is 2.74. The zero-order valence-electron chi connectivity index (χ0n) is 8.17. The van der Waals surface area contributed by atoms with Gasteiger partial charge in [-0.3, -0.25) is 0 Å². The van der Waals surface area contributed by atoms with Gasteiger partial charge in [0.25, 0.3) is 0 Å². The Bertz CT molecular complexity index is 395. The van der Waals surface area contributed by atoms with E-state index in [1.54, 1.807) is 0 Å². The molecule has 0 unspecified atom stereocenters. The van der Waals surface area contributed by atoms with E-state index in [-0.39, 0.29) is 37.7 Å². The van der Waals surface area contributed by atoms with Crippen molar-refractivity contribution in [3.63, 3.8) is 0 Å². The predicted molar refractivity (Wildman–Crippen MR) is 40.9 cm³/mol. The Morgan fingerprint density at radius 2 is 1.40 bits per heavy atom. The van der Waals surface area contributed by atoms with Gasteiger partial charge in [0, 0.05) is 0 Å². The molecule has 0 aromatic carbocycles. The van der Waals surface area contributed by atoms with E-state index in [2.05, 4.69) is 9.69 Å². The van der Waals surface area contributed by atoms with E-state index >= 15 is 0 Å². The zero-order chi connectivity index (χ0) is 10.5. The molecule has 0 amide bonds. The molecule has 0 saturated carbocycles. The minimum Gasteiger partial charge on any atom is -0.223 e. The molecule has 0 N–H and O–H groups in total.